The van der Waals surface area contributed by atoms with Crippen LogP contribution < -0.4 is 10.1 Å². The molecule has 5 nitrogen and oxygen atoms in total. The Labute approximate surface area is 141 Å². The van der Waals surface area contributed by atoms with Crippen LogP contribution in [0, 0.1) is 0 Å². The Hall–Kier alpha value is -2.82. The van der Waals surface area contributed by atoms with E-state index in [4.69, 9.17) is 9.84 Å². The third-order valence-corrected chi connectivity index (χ3v) is 3.46. The van der Waals surface area contributed by atoms with Crippen LogP contribution in [0.4, 0.5) is 5.69 Å². The number of carbonyl (C=O) groups is 2. The topological polar surface area (TPSA) is 75.6 Å². The second kappa shape index (κ2) is 8.72. The minimum Gasteiger partial charge on any atom is -0.491 e. The van der Waals surface area contributed by atoms with Crippen molar-refractivity contribution in [3.63, 3.8) is 0 Å². The van der Waals surface area contributed by atoms with E-state index in [1.165, 1.54) is 0 Å². The van der Waals surface area contributed by atoms with E-state index in [9.17, 15) is 9.59 Å². The molecule has 0 radical (unpaired) electrons. The van der Waals surface area contributed by atoms with Gasteiger partial charge in [-0.25, -0.2) is 4.79 Å². The molecule has 2 rings (SSSR count). The number of hydrogen-bond acceptors (Lipinski definition) is 3. The van der Waals surface area contributed by atoms with Gasteiger partial charge in [-0.1, -0.05) is 31.2 Å². The number of aromatic carboxylic acids is 1. The Morgan fingerprint density at radius 1 is 1.08 bits per heavy atom. The highest BCUT2D eigenvalue weighted by Crippen LogP contribution is 2.24. The van der Waals surface area contributed by atoms with Gasteiger partial charge in [0.1, 0.15) is 5.75 Å². The zero-order valence-electron chi connectivity index (χ0n) is 13.6. The first-order valence-electron chi connectivity index (χ1n) is 7.94. The summed E-state index contributed by atoms with van der Waals surface area (Å²) in [6, 6.07) is 13.9. The van der Waals surface area contributed by atoms with Crippen LogP contribution in [0.2, 0.25) is 0 Å². The van der Waals surface area contributed by atoms with Gasteiger partial charge in [0, 0.05) is 6.42 Å². The van der Waals surface area contributed by atoms with E-state index in [0.717, 1.165) is 12.0 Å². The summed E-state index contributed by atoms with van der Waals surface area (Å²) in [4.78, 5) is 22.9. The highest BCUT2D eigenvalue weighted by Gasteiger charge is 2.08. The van der Waals surface area contributed by atoms with Crippen molar-refractivity contribution in [1.29, 1.82) is 0 Å². The maximum atomic E-state index is 12.1. The molecule has 0 saturated heterocycles. The predicted octanol–water partition coefficient (Wildman–Crippen LogP) is 3.74. The van der Waals surface area contributed by atoms with E-state index in [2.05, 4.69) is 5.32 Å². The summed E-state index contributed by atoms with van der Waals surface area (Å²) in [5, 5.41) is 11.7. The van der Waals surface area contributed by atoms with E-state index >= 15 is 0 Å². The lowest BCUT2D eigenvalue weighted by atomic mass is 10.1. The van der Waals surface area contributed by atoms with Crippen molar-refractivity contribution in [1.82, 2.24) is 0 Å². The molecule has 0 bridgehead atoms. The van der Waals surface area contributed by atoms with Gasteiger partial charge in [0.15, 0.2) is 0 Å². The molecule has 2 aromatic carbocycles. The van der Waals surface area contributed by atoms with Crippen LogP contribution in [0.25, 0.3) is 0 Å². The molecule has 0 aliphatic rings. The minimum atomic E-state index is -0.956. The average molecular weight is 327 g/mol. The Morgan fingerprint density at radius 3 is 2.46 bits per heavy atom. The van der Waals surface area contributed by atoms with Gasteiger partial charge in [-0.3, -0.25) is 4.79 Å². The number of benzene rings is 2. The third kappa shape index (κ3) is 5.12. The fourth-order valence-corrected chi connectivity index (χ4v) is 2.19. The molecule has 0 aliphatic heterocycles. The van der Waals surface area contributed by atoms with Gasteiger partial charge in [0.2, 0.25) is 5.91 Å². The van der Waals surface area contributed by atoms with Crippen LogP contribution in [0.1, 0.15) is 35.7 Å². The van der Waals surface area contributed by atoms with Gasteiger partial charge in [-0.05, 0) is 42.7 Å². The van der Waals surface area contributed by atoms with Crippen molar-refractivity contribution in [2.45, 2.75) is 26.2 Å². The lowest BCUT2D eigenvalue weighted by molar-refractivity contribution is -0.116. The second-order valence-corrected chi connectivity index (χ2v) is 5.39. The molecule has 0 atom stereocenters. The van der Waals surface area contributed by atoms with Crippen LogP contribution >= 0.6 is 0 Å². The van der Waals surface area contributed by atoms with Crippen molar-refractivity contribution >= 4 is 17.6 Å². The molecule has 5 heteroatoms. The molecule has 126 valence electrons. The summed E-state index contributed by atoms with van der Waals surface area (Å²) in [6.45, 7) is 2.62. The van der Waals surface area contributed by atoms with E-state index in [0.29, 0.717) is 30.9 Å². The summed E-state index contributed by atoms with van der Waals surface area (Å²) in [5.41, 5.74) is 1.83. The molecule has 0 spiro atoms. The van der Waals surface area contributed by atoms with Crippen molar-refractivity contribution in [3.8, 4) is 5.75 Å². The third-order valence-electron chi connectivity index (χ3n) is 3.46. The van der Waals surface area contributed by atoms with Gasteiger partial charge >= 0.3 is 5.97 Å². The van der Waals surface area contributed by atoms with E-state index in [-0.39, 0.29) is 11.5 Å². The molecule has 0 saturated carbocycles. The number of hydrogen-bond donors (Lipinski definition) is 2. The Morgan fingerprint density at radius 2 is 1.79 bits per heavy atom. The van der Waals surface area contributed by atoms with Gasteiger partial charge in [0.25, 0.3) is 0 Å². The maximum absolute atomic E-state index is 12.1. The number of rotatable bonds is 8. The molecule has 0 heterocycles. The number of para-hydroxylation sites is 2. The zero-order chi connectivity index (χ0) is 17.4. The van der Waals surface area contributed by atoms with Crippen molar-refractivity contribution in [3.05, 3.63) is 59.7 Å². The first-order chi connectivity index (χ1) is 11.6. The molecule has 2 N–H and O–H groups in total. The maximum Gasteiger partial charge on any atom is 0.335 e. The SMILES string of the molecule is CCCOc1ccccc1NC(=O)CCc1ccc(C(=O)O)cc1. The highest BCUT2D eigenvalue weighted by molar-refractivity contribution is 5.92. The number of anilines is 1. The van der Waals surface area contributed by atoms with Crippen LogP contribution in [-0.4, -0.2) is 23.6 Å². The molecular weight excluding hydrogens is 306 g/mol. The molecule has 24 heavy (non-hydrogen) atoms. The lowest BCUT2D eigenvalue weighted by Gasteiger charge is -2.12. The number of carboxylic acids is 1. The molecule has 0 fully saturated rings. The number of amides is 1. The fraction of sp³-hybridized carbons (Fsp3) is 0.263. The Bertz CT molecular complexity index is 695. The smallest absolute Gasteiger partial charge is 0.335 e. The summed E-state index contributed by atoms with van der Waals surface area (Å²) in [6.07, 6.45) is 1.76. The normalized spacial score (nSPS) is 10.2. The highest BCUT2D eigenvalue weighted by atomic mass is 16.5. The molecule has 0 unspecified atom stereocenters. The predicted molar refractivity (Wildman–Crippen MR) is 92.6 cm³/mol. The largest absolute Gasteiger partial charge is 0.491 e. The quantitative estimate of drug-likeness (QED) is 0.774. The van der Waals surface area contributed by atoms with E-state index in [1.54, 1.807) is 24.3 Å². The van der Waals surface area contributed by atoms with Crippen LogP contribution in [0.15, 0.2) is 48.5 Å². The Kier molecular flexibility index (Phi) is 6.37. The van der Waals surface area contributed by atoms with Crippen molar-refractivity contribution < 1.29 is 19.4 Å². The zero-order valence-corrected chi connectivity index (χ0v) is 13.6. The van der Waals surface area contributed by atoms with Crippen LogP contribution in [0.5, 0.6) is 5.75 Å². The number of ether oxygens (including phenoxy) is 1. The monoisotopic (exact) mass is 327 g/mol. The molecule has 0 aliphatic carbocycles. The van der Waals surface area contributed by atoms with Crippen LogP contribution in [0.3, 0.4) is 0 Å². The lowest BCUT2D eigenvalue weighted by Crippen LogP contribution is -2.13. The van der Waals surface area contributed by atoms with Crippen molar-refractivity contribution in [2.24, 2.45) is 0 Å². The second-order valence-electron chi connectivity index (χ2n) is 5.39. The van der Waals surface area contributed by atoms with Gasteiger partial charge in [0.05, 0.1) is 17.9 Å². The summed E-state index contributed by atoms with van der Waals surface area (Å²) < 4.78 is 5.62. The van der Waals surface area contributed by atoms with Gasteiger partial charge in [-0.2, -0.15) is 0 Å². The van der Waals surface area contributed by atoms with Crippen molar-refractivity contribution in [2.75, 3.05) is 11.9 Å². The van der Waals surface area contributed by atoms with Gasteiger partial charge < -0.3 is 15.2 Å². The van der Waals surface area contributed by atoms with Crippen LogP contribution in [-0.2, 0) is 11.2 Å². The molecule has 0 aromatic heterocycles. The number of carboxylic acid groups (broad SMARTS) is 1. The summed E-state index contributed by atoms with van der Waals surface area (Å²) >= 11 is 0. The molecular formula is C19H21NO4. The average Bonchev–Trinajstić information content (AvgIpc) is 2.59. The first-order valence-corrected chi connectivity index (χ1v) is 7.94. The van der Waals surface area contributed by atoms with E-state index in [1.807, 2.05) is 31.2 Å². The number of nitrogens with one attached hydrogen (secondary N) is 1. The molecule has 1 amide bonds. The Balaban J connectivity index is 1.90. The minimum absolute atomic E-state index is 0.107. The van der Waals surface area contributed by atoms with E-state index < -0.39 is 5.97 Å². The molecule has 2 aromatic rings. The standard InChI is InChI=1S/C19H21NO4/c1-2-13-24-17-6-4-3-5-16(17)20-18(21)12-9-14-7-10-15(11-8-14)19(22)23/h3-8,10-11H,2,9,12-13H2,1H3,(H,20,21)(H,22,23). The summed E-state index contributed by atoms with van der Waals surface area (Å²) in [7, 11) is 0. The fourth-order valence-electron chi connectivity index (χ4n) is 2.19. The van der Waals surface area contributed by atoms with Gasteiger partial charge in [-0.15, -0.1) is 0 Å². The number of carbonyl (C=O) groups excluding carboxylic acids is 1. The number of aryl methyl sites for hydroxylation is 1. The first kappa shape index (κ1) is 17.5. The summed E-state index contributed by atoms with van der Waals surface area (Å²) in [5.74, 6) is -0.397.